The van der Waals surface area contributed by atoms with Gasteiger partial charge in [0.2, 0.25) is 5.91 Å². The van der Waals surface area contributed by atoms with Crippen LogP contribution in [0.2, 0.25) is 0 Å². The van der Waals surface area contributed by atoms with E-state index in [9.17, 15) is 9.90 Å². The first-order valence-corrected chi connectivity index (χ1v) is 9.15. The average Bonchev–Trinajstić information content (AvgIpc) is 3.25. The van der Waals surface area contributed by atoms with E-state index < -0.39 is 0 Å². The van der Waals surface area contributed by atoms with Crippen molar-refractivity contribution in [1.82, 2.24) is 10.2 Å². The second kappa shape index (κ2) is 6.60. The molecule has 4 nitrogen and oxygen atoms in total. The first-order valence-electron chi connectivity index (χ1n) is 7.92. The standard InChI is InChI=1S/C17H24N2O2S/c1-22-17(7-8-17)16(21)18-10-14-9-15(20)12-19(14)11-13-5-3-2-4-6-13/h2-6,14-15,20H,7-12H2,1H3,(H,18,21)/t14-,15+/m0/s1. The number of aliphatic hydroxyl groups is 1. The first kappa shape index (κ1) is 15.8. The fourth-order valence-corrected chi connectivity index (χ4v) is 3.96. The Bertz CT molecular complexity index is 519. The Morgan fingerprint density at radius 3 is 2.77 bits per heavy atom. The van der Waals surface area contributed by atoms with Gasteiger partial charge in [-0.05, 0) is 31.1 Å². The minimum Gasteiger partial charge on any atom is -0.392 e. The highest BCUT2D eigenvalue weighted by molar-refractivity contribution is 8.01. The van der Waals surface area contributed by atoms with Crippen LogP contribution < -0.4 is 5.32 Å². The molecule has 0 aromatic heterocycles. The zero-order valence-corrected chi connectivity index (χ0v) is 13.8. The van der Waals surface area contributed by atoms with Crippen molar-refractivity contribution in [2.45, 2.75) is 42.7 Å². The number of carbonyl (C=O) groups excluding carboxylic acids is 1. The van der Waals surface area contributed by atoms with Crippen LogP contribution in [0.5, 0.6) is 0 Å². The van der Waals surface area contributed by atoms with Crippen molar-refractivity contribution >= 4 is 17.7 Å². The molecule has 2 fully saturated rings. The van der Waals surface area contributed by atoms with E-state index in [1.807, 2.05) is 24.5 Å². The van der Waals surface area contributed by atoms with E-state index in [1.54, 1.807) is 11.8 Å². The van der Waals surface area contributed by atoms with Crippen LogP contribution >= 0.6 is 11.8 Å². The molecule has 1 saturated heterocycles. The predicted molar refractivity (Wildman–Crippen MR) is 89.8 cm³/mol. The highest BCUT2D eigenvalue weighted by atomic mass is 32.2. The van der Waals surface area contributed by atoms with Gasteiger partial charge in [0.25, 0.3) is 0 Å². The first-order chi connectivity index (χ1) is 10.6. The lowest BCUT2D eigenvalue weighted by Gasteiger charge is -2.25. The van der Waals surface area contributed by atoms with E-state index >= 15 is 0 Å². The zero-order chi connectivity index (χ0) is 15.6. The monoisotopic (exact) mass is 320 g/mol. The zero-order valence-electron chi connectivity index (χ0n) is 13.0. The summed E-state index contributed by atoms with van der Waals surface area (Å²) in [6, 6.07) is 10.5. The van der Waals surface area contributed by atoms with Gasteiger partial charge in [-0.2, -0.15) is 0 Å². The van der Waals surface area contributed by atoms with Crippen LogP contribution in [-0.4, -0.2) is 52.2 Å². The molecule has 5 heteroatoms. The maximum absolute atomic E-state index is 12.2. The van der Waals surface area contributed by atoms with Crippen LogP contribution in [0.1, 0.15) is 24.8 Å². The third-order valence-corrected chi connectivity index (χ3v) is 6.12. The van der Waals surface area contributed by atoms with Crippen LogP contribution in [0.4, 0.5) is 0 Å². The number of benzene rings is 1. The maximum atomic E-state index is 12.2. The van der Waals surface area contributed by atoms with Crippen molar-refractivity contribution in [3.63, 3.8) is 0 Å². The molecule has 120 valence electrons. The summed E-state index contributed by atoms with van der Waals surface area (Å²) in [5.41, 5.74) is 1.25. The third-order valence-electron chi connectivity index (χ3n) is 4.74. The highest BCUT2D eigenvalue weighted by Gasteiger charge is 2.49. The minimum absolute atomic E-state index is 0.165. The fraction of sp³-hybridized carbons (Fsp3) is 0.588. The molecule has 0 radical (unpaired) electrons. The van der Waals surface area contributed by atoms with Gasteiger partial charge in [0.1, 0.15) is 0 Å². The number of thioether (sulfide) groups is 1. The highest BCUT2D eigenvalue weighted by Crippen LogP contribution is 2.47. The Kier molecular flexibility index (Phi) is 4.76. The SMILES string of the molecule is CSC1(C(=O)NC[C@@H]2C[C@@H](O)CN2Cc2ccccc2)CC1. The van der Waals surface area contributed by atoms with Crippen molar-refractivity contribution in [3.05, 3.63) is 35.9 Å². The Hall–Kier alpha value is -1.04. The molecule has 1 saturated carbocycles. The summed E-state index contributed by atoms with van der Waals surface area (Å²) in [4.78, 5) is 14.5. The Morgan fingerprint density at radius 1 is 1.41 bits per heavy atom. The van der Waals surface area contributed by atoms with Crippen LogP contribution in [0.15, 0.2) is 30.3 Å². The number of rotatable bonds is 6. The molecule has 1 amide bonds. The van der Waals surface area contributed by atoms with Crippen molar-refractivity contribution in [3.8, 4) is 0 Å². The van der Waals surface area contributed by atoms with Crippen molar-refractivity contribution in [2.75, 3.05) is 19.3 Å². The van der Waals surface area contributed by atoms with Gasteiger partial charge in [-0.15, -0.1) is 11.8 Å². The molecule has 2 atom stereocenters. The van der Waals surface area contributed by atoms with Gasteiger partial charge in [0, 0.05) is 25.7 Å². The summed E-state index contributed by atoms with van der Waals surface area (Å²) in [6.07, 6.45) is 4.43. The molecule has 2 aliphatic rings. The smallest absolute Gasteiger partial charge is 0.236 e. The number of carbonyl (C=O) groups is 1. The molecule has 1 aromatic rings. The number of nitrogens with one attached hydrogen (secondary N) is 1. The second-order valence-corrected chi connectivity index (χ2v) is 7.56. The lowest BCUT2D eigenvalue weighted by molar-refractivity contribution is -0.121. The summed E-state index contributed by atoms with van der Waals surface area (Å²) in [6.45, 7) is 2.14. The molecule has 0 unspecified atom stereocenters. The van der Waals surface area contributed by atoms with E-state index in [0.29, 0.717) is 13.1 Å². The molecule has 22 heavy (non-hydrogen) atoms. The molecule has 1 aliphatic heterocycles. The van der Waals surface area contributed by atoms with Gasteiger partial charge in [-0.1, -0.05) is 30.3 Å². The maximum Gasteiger partial charge on any atom is 0.236 e. The van der Waals surface area contributed by atoms with Gasteiger partial charge >= 0.3 is 0 Å². The normalized spacial score (nSPS) is 26.8. The van der Waals surface area contributed by atoms with Gasteiger partial charge in [0.05, 0.1) is 10.9 Å². The predicted octanol–water partition coefficient (Wildman–Crippen LogP) is 1.63. The number of aliphatic hydroxyl groups excluding tert-OH is 1. The van der Waals surface area contributed by atoms with Crippen molar-refractivity contribution in [2.24, 2.45) is 0 Å². The van der Waals surface area contributed by atoms with Crippen LogP contribution in [0.25, 0.3) is 0 Å². The largest absolute Gasteiger partial charge is 0.392 e. The number of amides is 1. The van der Waals surface area contributed by atoms with E-state index in [1.165, 1.54) is 5.56 Å². The Morgan fingerprint density at radius 2 is 2.14 bits per heavy atom. The number of β-amino-alcohol motifs (C(OH)–C–C–N with tert-alkyl or cyclic N) is 1. The molecule has 0 bridgehead atoms. The number of nitrogens with zero attached hydrogens (tertiary/aromatic N) is 1. The number of hydrogen-bond donors (Lipinski definition) is 2. The van der Waals surface area contributed by atoms with Gasteiger partial charge < -0.3 is 10.4 Å². The molecule has 1 aliphatic carbocycles. The topological polar surface area (TPSA) is 52.6 Å². The second-order valence-electron chi connectivity index (χ2n) is 6.37. The van der Waals surface area contributed by atoms with E-state index in [4.69, 9.17) is 0 Å². The van der Waals surface area contributed by atoms with Gasteiger partial charge in [0.15, 0.2) is 0 Å². The molecular formula is C17H24N2O2S. The molecule has 2 N–H and O–H groups in total. The summed E-state index contributed by atoms with van der Waals surface area (Å²) in [5, 5.41) is 13.1. The van der Waals surface area contributed by atoms with Crippen LogP contribution in [0, 0.1) is 0 Å². The van der Waals surface area contributed by atoms with Gasteiger partial charge in [-0.25, -0.2) is 0 Å². The number of hydrogen-bond acceptors (Lipinski definition) is 4. The third kappa shape index (κ3) is 3.47. The Labute approximate surface area is 136 Å². The fourth-order valence-electron chi connectivity index (χ4n) is 3.19. The average molecular weight is 320 g/mol. The van der Waals surface area contributed by atoms with E-state index in [0.717, 1.165) is 25.8 Å². The lowest BCUT2D eigenvalue weighted by atomic mass is 10.1. The molecule has 1 aromatic carbocycles. The minimum atomic E-state index is -0.291. The van der Waals surface area contributed by atoms with Gasteiger partial charge in [-0.3, -0.25) is 9.69 Å². The molecular weight excluding hydrogens is 296 g/mol. The number of likely N-dealkylation sites (tertiary alicyclic amines) is 1. The quantitative estimate of drug-likeness (QED) is 0.836. The molecule has 3 rings (SSSR count). The van der Waals surface area contributed by atoms with Crippen LogP contribution in [-0.2, 0) is 11.3 Å². The summed E-state index contributed by atoms with van der Waals surface area (Å²) in [7, 11) is 0. The van der Waals surface area contributed by atoms with E-state index in [-0.39, 0.29) is 22.8 Å². The van der Waals surface area contributed by atoms with Crippen molar-refractivity contribution in [1.29, 1.82) is 0 Å². The van der Waals surface area contributed by atoms with Crippen molar-refractivity contribution < 1.29 is 9.90 Å². The summed E-state index contributed by atoms with van der Waals surface area (Å²) in [5.74, 6) is 0.168. The molecule has 1 heterocycles. The van der Waals surface area contributed by atoms with Crippen LogP contribution in [0.3, 0.4) is 0 Å². The lowest BCUT2D eigenvalue weighted by Crippen LogP contribution is -2.43. The summed E-state index contributed by atoms with van der Waals surface area (Å²) >= 11 is 1.66. The van der Waals surface area contributed by atoms with E-state index in [2.05, 4.69) is 22.3 Å². The molecule has 0 spiro atoms. The Balaban J connectivity index is 1.56. The summed E-state index contributed by atoms with van der Waals surface area (Å²) < 4.78 is -0.165.